The number of hydrogen-bond acceptors (Lipinski definition) is 4. The summed E-state index contributed by atoms with van der Waals surface area (Å²) >= 11 is 0. The van der Waals surface area contributed by atoms with Crippen LogP contribution in [0, 0.1) is 0 Å². The molecule has 0 atom stereocenters. The van der Waals surface area contributed by atoms with Crippen LogP contribution in [0.15, 0.2) is 0 Å². The molecule has 0 aliphatic rings. The summed E-state index contributed by atoms with van der Waals surface area (Å²) in [5, 5.41) is 16.7. The van der Waals surface area contributed by atoms with E-state index >= 15 is 0 Å². The van der Waals surface area contributed by atoms with Crippen molar-refractivity contribution < 1.29 is 40.0 Å². The second-order valence-corrected chi connectivity index (χ2v) is 0.250. The molecule has 0 radical (unpaired) electrons. The van der Waals surface area contributed by atoms with E-state index in [0.717, 1.165) is 0 Å². The number of hydrogen-bond donors (Lipinski definition) is 0. The molecule has 0 aliphatic heterocycles. The summed E-state index contributed by atoms with van der Waals surface area (Å²) in [6.07, 6.45) is -2.33. The Balaban J connectivity index is -0.0000000450. The topological polar surface area (TPSA) is 93.2 Å². The minimum atomic E-state index is -2.33. The first-order valence-corrected chi connectivity index (χ1v) is 0.612. The fourth-order valence-electron chi connectivity index (χ4n) is 0. The molecular formula is CHO4Zn-3. The number of carboxylic acid groups (broad SMARTS) is 2. The summed E-state index contributed by atoms with van der Waals surface area (Å²) in [4.78, 5) is 8.33. The van der Waals surface area contributed by atoms with Crippen molar-refractivity contribution in [3.63, 3.8) is 0 Å². The molecule has 0 rings (SSSR count). The minimum absolute atomic E-state index is 0. The van der Waals surface area contributed by atoms with Gasteiger partial charge in [0.2, 0.25) is 0 Å². The molecule has 6 heavy (non-hydrogen) atoms. The van der Waals surface area contributed by atoms with Crippen LogP contribution in [0.4, 0.5) is 4.79 Å². The van der Waals surface area contributed by atoms with Gasteiger partial charge >= 0.3 is 0 Å². The smallest absolute Gasteiger partial charge is 0 e. The zero-order valence-corrected chi connectivity index (χ0v) is 5.85. The molecule has 1 N–H and O–H groups in total. The van der Waals surface area contributed by atoms with Gasteiger partial charge in [-0.3, -0.25) is 0 Å². The molecule has 0 heterocycles. The third kappa shape index (κ3) is 1460. The number of carbonyl (C=O) groups is 1. The predicted molar refractivity (Wildman–Crippen MR) is 7.33 cm³/mol. The van der Waals surface area contributed by atoms with E-state index in [1.54, 1.807) is 0 Å². The average Bonchev–Trinajstić information content (AvgIpc) is 0.811. The summed E-state index contributed by atoms with van der Waals surface area (Å²) in [7, 11) is 0. The molecule has 34 valence electrons. The molecule has 4 nitrogen and oxygen atoms in total. The second kappa shape index (κ2) is 8.85. The van der Waals surface area contributed by atoms with E-state index in [-0.39, 0.29) is 25.0 Å². The standard InChI is InChI=1S/CH2O3.H2O.Zn/c2-1(3)4;;/h(H2,2,3,4);1H2;/p-3. The van der Waals surface area contributed by atoms with Crippen molar-refractivity contribution in [1.29, 1.82) is 0 Å². The second-order valence-electron chi connectivity index (χ2n) is 0.250. The van der Waals surface area contributed by atoms with E-state index in [4.69, 9.17) is 15.0 Å². The third-order valence-electron chi connectivity index (χ3n) is 0. The largest absolute Gasteiger partial charge is 0.870 e. The fourth-order valence-corrected chi connectivity index (χ4v) is 0. The van der Waals surface area contributed by atoms with Gasteiger partial charge in [0.15, 0.2) is 0 Å². The van der Waals surface area contributed by atoms with E-state index in [2.05, 4.69) is 0 Å². The minimum Gasteiger partial charge on any atom is -0.870 e. The van der Waals surface area contributed by atoms with E-state index < -0.39 is 6.16 Å². The average molecular weight is 142 g/mol. The molecule has 0 saturated carbocycles. The van der Waals surface area contributed by atoms with Crippen LogP contribution in [0.5, 0.6) is 0 Å². The van der Waals surface area contributed by atoms with Crippen LogP contribution in [0.2, 0.25) is 0 Å². The Bertz CT molecular complexity index is 30.5. The summed E-state index contributed by atoms with van der Waals surface area (Å²) in [5.41, 5.74) is 0. The monoisotopic (exact) mass is 141 g/mol. The van der Waals surface area contributed by atoms with Crippen molar-refractivity contribution in [1.82, 2.24) is 0 Å². The third-order valence-corrected chi connectivity index (χ3v) is 0. The van der Waals surface area contributed by atoms with Gasteiger partial charge in [-0.1, -0.05) is 0 Å². The summed E-state index contributed by atoms with van der Waals surface area (Å²) in [6.45, 7) is 0. The van der Waals surface area contributed by atoms with E-state index in [0.29, 0.717) is 0 Å². The fraction of sp³-hybridized carbons (Fsp3) is 0. The van der Waals surface area contributed by atoms with Gasteiger partial charge in [0.1, 0.15) is 0 Å². The zero-order chi connectivity index (χ0) is 3.58. The van der Waals surface area contributed by atoms with Crippen molar-refractivity contribution in [2.24, 2.45) is 0 Å². The van der Waals surface area contributed by atoms with Gasteiger partial charge < -0.3 is 20.5 Å². The number of rotatable bonds is 0. The maximum atomic E-state index is 8.33. The van der Waals surface area contributed by atoms with Crippen molar-refractivity contribution in [3.8, 4) is 0 Å². The van der Waals surface area contributed by atoms with Crippen molar-refractivity contribution >= 4 is 6.16 Å². The Hall–Kier alpha value is -0.147. The molecular weight excluding hydrogens is 141 g/mol. The first-order valence-electron chi connectivity index (χ1n) is 0.612. The Morgan fingerprint density at radius 1 is 1.33 bits per heavy atom. The van der Waals surface area contributed by atoms with E-state index in [9.17, 15) is 0 Å². The van der Waals surface area contributed by atoms with Crippen LogP contribution < -0.4 is 10.2 Å². The first-order chi connectivity index (χ1) is 1.73. The summed E-state index contributed by atoms with van der Waals surface area (Å²) in [5.74, 6) is 0. The van der Waals surface area contributed by atoms with E-state index in [1.807, 2.05) is 0 Å². The Kier molecular flexibility index (Phi) is 25.0. The maximum absolute atomic E-state index is 8.33. The van der Waals surface area contributed by atoms with Crippen LogP contribution in [-0.2, 0) is 19.5 Å². The molecule has 0 aromatic carbocycles. The van der Waals surface area contributed by atoms with Gasteiger partial charge in [-0.2, -0.15) is 0 Å². The zero-order valence-electron chi connectivity index (χ0n) is 2.88. The van der Waals surface area contributed by atoms with Crippen LogP contribution >= 0.6 is 0 Å². The van der Waals surface area contributed by atoms with Gasteiger partial charge in [0.05, 0.1) is 0 Å². The van der Waals surface area contributed by atoms with E-state index in [1.165, 1.54) is 0 Å². The Morgan fingerprint density at radius 3 is 1.33 bits per heavy atom. The predicted octanol–water partition coefficient (Wildman–Crippen LogP) is -2.63. The molecule has 0 aromatic rings. The van der Waals surface area contributed by atoms with Gasteiger partial charge in [-0.25, -0.2) is 0 Å². The van der Waals surface area contributed by atoms with Crippen LogP contribution in [0.3, 0.4) is 0 Å². The quantitative estimate of drug-likeness (QED) is 0.346. The molecule has 0 fully saturated rings. The van der Waals surface area contributed by atoms with Crippen LogP contribution in [0.25, 0.3) is 0 Å². The van der Waals surface area contributed by atoms with Crippen molar-refractivity contribution in [2.75, 3.05) is 0 Å². The molecule has 0 aliphatic carbocycles. The summed E-state index contributed by atoms with van der Waals surface area (Å²) < 4.78 is 0. The normalized spacial score (nSPS) is 4.00. The molecule has 0 bridgehead atoms. The molecule has 5 heteroatoms. The van der Waals surface area contributed by atoms with Gasteiger partial charge in [0.25, 0.3) is 0 Å². The van der Waals surface area contributed by atoms with Gasteiger partial charge in [-0.15, -0.1) is 0 Å². The molecule has 0 aromatic heterocycles. The molecule has 0 unspecified atom stereocenters. The van der Waals surface area contributed by atoms with Crippen LogP contribution in [0.1, 0.15) is 0 Å². The number of carbonyl (C=O) groups excluding carboxylic acids is 1. The Morgan fingerprint density at radius 2 is 1.33 bits per heavy atom. The maximum Gasteiger partial charge on any atom is 0 e. The first kappa shape index (κ1) is 16.9. The molecule has 0 amide bonds. The van der Waals surface area contributed by atoms with Crippen LogP contribution in [-0.4, -0.2) is 11.6 Å². The van der Waals surface area contributed by atoms with Crippen molar-refractivity contribution in [2.45, 2.75) is 0 Å². The SMILES string of the molecule is O=C([O-])[O-].[OH-].[Zn]. The Labute approximate surface area is 46.9 Å². The summed E-state index contributed by atoms with van der Waals surface area (Å²) in [6, 6.07) is 0. The molecule has 0 saturated heterocycles. The van der Waals surface area contributed by atoms with Crippen molar-refractivity contribution in [3.05, 3.63) is 0 Å². The molecule has 0 spiro atoms. The van der Waals surface area contributed by atoms with Gasteiger partial charge in [0, 0.05) is 19.5 Å². The van der Waals surface area contributed by atoms with Gasteiger partial charge in [-0.05, 0) is 6.16 Å².